The summed E-state index contributed by atoms with van der Waals surface area (Å²) in [6.07, 6.45) is 3.06. The number of rotatable bonds is 3. The maximum atomic E-state index is 12.0. The predicted molar refractivity (Wildman–Crippen MR) is 73.5 cm³/mol. The Morgan fingerprint density at radius 2 is 2.05 bits per heavy atom. The molecule has 0 spiro atoms. The fourth-order valence-electron chi connectivity index (χ4n) is 2.01. The van der Waals surface area contributed by atoms with Gasteiger partial charge in [-0.15, -0.1) is 0 Å². The smallest absolute Gasteiger partial charge is 0.332 e. The molecule has 0 saturated carbocycles. The van der Waals surface area contributed by atoms with Gasteiger partial charge in [0.1, 0.15) is 5.82 Å². The number of carbonyl (C=O) groups is 1. The van der Waals surface area contributed by atoms with Gasteiger partial charge in [-0.2, -0.15) is 0 Å². The molecule has 0 amide bonds. The first-order chi connectivity index (χ1) is 9.45. The van der Waals surface area contributed by atoms with Gasteiger partial charge in [-0.25, -0.2) is 14.6 Å². The number of ether oxygens (including phenoxy) is 1. The first kappa shape index (κ1) is 14.0. The summed E-state index contributed by atoms with van der Waals surface area (Å²) in [7, 11) is 2.99. The van der Waals surface area contributed by atoms with Crippen LogP contribution in [0.3, 0.4) is 0 Å². The molecule has 1 aliphatic rings. The average molecular weight is 277 g/mol. The first-order valence-electron chi connectivity index (χ1n) is 6.17. The van der Waals surface area contributed by atoms with E-state index in [0.717, 1.165) is 4.57 Å². The standard InChI is InChI=1S/C13H15N3O4/c1-4-20-10(17)6-5-8-7-9-11(14-8)15(2)13(19)16(3)12(9)18/h5-6H,4,7H2,1-3H3/b6-5+. The third kappa shape index (κ3) is 2.34. The molecule has 1 aromatic rings. The lowest BCUT2D eigenvalue weighted by molar-refractivity contribution is -0.137. The number of esters is 1. The summed E-state index contributed by atoms with van der Waals surface area (Å²) in [5.41, 5.74) is 0.226. The molecule has 2 heterocycles. The predicted octanol–water partition coefficient (Wildman–Crippen LogP) is -0.168. The van der Waals surface area contributed by atoms with Crippen molar-refractivity contribution in [2.45, 2.75) is 13.3 Å². The van der Waals surface area contributed by atoms with Crippen molar-refractivity contribution >= 4 is 17.5 Å². The summed E-state index contributed by atoms with van der Waals surface area (Å²) in [4.78, 5) is 39.2. The topological polar surface area (TPSA) is 82.7 Å². The van der Waals surface area contributed by atoms with E-state index in [4.69, 9.17) is 4.74 Å². The van der Waals surface area contributed by atoms with Crippen LogP contribution in [0.5, 0.6) is 0 Å². The summed E-state index contributed by atoms with van der Waals surface area (Å²) in [5, 5.41) is 0. The second-order valence-electron chi connectivity index (χ2n) is 4.37. The monoisotopic (exact) mass is 277 g/mol. The minimum atomic E-state index is -0.465. The van der Waals surface area contributed by atoms with Crippen LogP contribution in [0, 0.1) is 0 Å². The Hall–Kier alpha value is -2.44. The Labute approximate surface area is 114 Å². The molecular formula is C13H15N3O4. The third-order valence-corrected chi connectivity index (χ3v) is 3.03. The highest BCUT2D eigenvalue weighted by Crippen LogP contribution is 2.21. The van der Waals surface area contributed by atoms with E-state index in [0.29, 0.717) is 30.1 Å². The van der Waals surface area contributed by atoms with Crippen molar-refractivity contribution in [3.05, 3.63) is 38.6 Å². The molecule has 0 atom stereocenters. The highest BCUT2D eigenvalue weighted by atomic mass is 16.5. The number of aliphatic imine (C=N–C) groups is 1. The minimum absolute atomic E-state index is 0.297. The van der Waals surface area contributed by atoms with Crippen LogP contribution in [0.1, 0.15) is 12.5 Å². The second kappa shape index (κ2) is 5.28. The van der Waals surface area contributed by atoms with Crippen LogP contribution in [0.4, 0.5) is 5.82 Å². The van der Waals surface area contributed by atoms with Gasteiger partial charge in [0.2, 0.25) is 0 Å². The Morgan fingerprint density at radius 3 is 2.70 bits per heavy atom. The van der Waals surface area contributed by atoms with Crippen LogP contribution in [0.2, 0.25) is 0 Å². The van der Waals surface area contributed by atoms with E-state index < -0.39 is 11.7 Å². The lowest BCUT2D eigenvalue weighted by atomic mass is 10.2. The van der Waals surface area contributed by atoms with Gasteiger partial charge >= 0.3 is 11.7 Å². The van der Waals surface area contributed by atoms with Gasteiger partial charge in [0.25, 0.3) is 5.56 Å². The van der Waals surface area contributed by atoms with Crippen LogP contribution in [-0.2, 0) is 30.0 Å². The molecule has 0 aliphatic carbocycles. The molecule has 0 N–H and O–H groups in total. The van der Waals surface area contributed by atoms with Crippen molar-refractivity contribution in [2.24, 2.45) is 19.1 Å². The summed E-state index contributed by atoms with van der Waals surface area (Å²) in [6, 6.07) is 0. The van der Waals surface area contributed by atoms with E-state index in [1.807, 2.05) is 0 Å². The second-order valence-corrected chi connectivity index (χ2v) is 4.37. The zero-order chi connectivity index (χ0) is 14.9. The Morgan fingerprint density at radius 1 is 1.35 bits per heavy atom. The first-order valence-corrected chi connectivity index (χ1v) is 6.17. The molecule has 0 bridgehead atoms. The Balaban J connectivity index is 2.36. The summed E-state index contributed by atoms with van der Waals surface area (Å²) >= 11 is 0. The third-order valence-electron chi connectivity index (χ3n) is 3.03. The number of aromatic nitrogens is 2. The Bertz CT molecular complexity index is 737. The van der Waals surface area contributed by atoms with Gasteiger partial charge in [-0.05, 0) is 13.0 Å². The van der Waals surface area contributed by atoms with Crippen molar-refractivity contribution in [1.82, 2.24) is 9.13 Å². The Kier molecular flexibility index (Phi) is 3.69. The fraction of sp³-hybridized carbons (Fsp3) is 0.385. The number of fused-ring (bicyclic) bond motifs is 1. The van der Waals surface area contributed by atoms with Crippen LogP contribution < -0.4 is 11.2 Å². The summed E-state index contributed by atoms with van der Waals surface area (Å²) in [6.45, 7) is 2.01. The minimum Gasteiger partial charge on any atom is -0.463 e. The molecule has 20 heavy (non-hydrogen) atoms. The van der Waals surface area contributed by atoms with Crippen LogP contribution in [0.15, 0.2) is 26.7 Å². The van der Waals surface area contributed by atoms with E-state index in [2.05, 4.69) is 4.99 Å². The van der Waals surface area contributed by atoms with Gasteiger partial charge in [-0.3, -0.25) is 13.9 Å². The van der Waals surface area contributed by atoms with Crippen LogP contribution >= 0.6 is 0 Å². The SMILES string of the molecule is CCOC(=O)/C=C/C1=Nc2c(c(=O)n(C)c(=O)n2C)C1. The molecule has 0 unspecified atom stereocenters. The quantitative estimate of drug-likeness (QED) is 0.567. The molecule has 0 aromatic carbocycles. The highest BCUT2D eigenvalue weighted by molar-refractivity contribution is 6.04. The lowest BCUT2D eigenvalue weighted by Crippen LogP contribution is -2.38. The molecular weight excluding hydrogens is 262 g/mol. The molecule has 106 valence electrons. The van der Waals surface area contributed by atoms with Crippen molar-refractivity contribution in [3.8, 4) is 0 Å². The van der Waals surface area contributed by atoms with Crippen molar-refractivity contribution in [3.63, 3.8) is 0 Å². The van der Waals surface area contributed by atoms with E-state index in [1.165, 1.54) is 23.8 Å². The van der Waals surface area contributed by atoms with Crippen LogP contribution in [-0.4, -0.2) is 27.4 Å². The van der Waals surface area contributed by atoms with E-state index >= 15 is 0 Å². The molecule has 0 saturated heterocycles. The number of carbonyl (C=O) groups excluding carboxylic acids is 1. The van der Waals surface area contributed by atoms with Gasteiger partial charge in [0, 0.05) is 32.3 Å². The summed E-state index contributed by atoms with van der Waals surface area (Å²) < 4.78 is 7.13. The molecule has 7 nitrogen and oxygen atoms in total. The lowest BCUT2D eigenvalue weighted by Gasteiger charge is -2.05. The number of hydrogen-bond donors (Lipinski definition) is 0. The van der Waals surface area contributed by atoms with E-state index in [-0.39, 0.29) is 5.56 Å². The number of hydrogen-bond acceptors (Lipinski definition) is 5. The normalized spacial score (nSPS) is 13.4. The summed E-state index contributed by atoms with van der Waals surface area (Å²) in [5.74, 6) is -0.116. The zero-order valence-electron chi connectivity index (χ0n) is 11.5. The average Bonchev–Trinajstić information content (AvgIpc) is 2.85. The zero-order valence-corrected chi connectivity index (χ0v) is 11.5. The largest absolute Gasteiger partial charge is 0.463 e. The number of allylic oxidation sites excluding steroid dienone is 1. The molecule has 7 heteroatoms. The highest BCUT2D eigenvalue weighted by Gasteiger charge is 2.21. The molecule has 2 rings (SSSR count). The van der Waals surface area contributed by atoms with E-state index in [1.54, 1.807) is 14.0 Å². The molecule has 1 aliphatic heterocycles. The molecule has 1 aromatic heterocycles. The van der Waals surface area contributed by atoms with Gasteiger partial charge in [0.15, 0.2) is 0 Å². The van der Waals surface area contributed by atoms with E-state index in [9.17, 15) is 14.4 Å². The van der Waals surface area contributed by atoms with Crippen LogP contribution in [0.25, 0.3) is 0 Å². The van der Waals surface area contributed by atoms with Gasteiger partial charge < -0.3 is 4.74 Å². The number of nitrogens with zero attached hydrogens (tertiary/aromatic N) is 3. The molecule has 0 fully saturated rings. The molecule has 0 radical (unpaired) electrons. The maximum Gasteiger partial charge on any atom is 0.332 e. The fourth-order valence-corrected chi connectivity index (χ4v) is 2.01. The van der Waals surface area contributed by atoms with Crippen molar-refractivity contribution in [2.75, 3.05) is 6.61 Å². The van der Waals surface area contributed by atoms with Crippen molar-refractivity contribution < 1.29 is 9.53 Å². The maximum absolute atomic E-state index is 12.0. The van der Waals surface area contributed by atoms with Gasteiger partial charge in [0.05, 0.1) is 12.2 Å². The van der Waals surface area contributed by atoms with Gasteiger partial charge in [-0.1, -0.05) is 0 Å². The van der Waals surface area contributed by atoms with Crippen molar-refractivity contribution in [1.29, 1.82) is 0 Å².